The van der Waals surface area contributed by atoms with Crippen molar-refractivity contribution >= 4 is 16.9 Å². The molecule has 0 saturated carbocycles. The minimum atomic E-state index is -0.951. The Morgan fingerprint density at radius 1 is 1.20 bits per heavy atom. The highest BCUT2D eigenvalue weighted by Gasteiger charge is 2.13. The minimum Gasteiger partial charge on any atom is -0.478 e. The number of pyridine rings is 2. The maximum absolute atomic E-state index is 11.5. The lowest BCUT2D eigenvalue weighted by Crippen LogP contribution is -2.00. The van der Waals surface area contributed by atoms with Crippen molar-refractivity contribution < 1.29 is 9.90 Å². The van der Waals surface area contributed by atoms with E-state index in [0.29, 0.717) is 16.6 Å². The predicted octanol–water partition coefficient (Wildman–Crippen LogP) is 3.30. The van der Waals surface area contributed by atoms with Gasteiger partial charge in [-0.15, -0.1) is 0 Å². The molecule has 20 heavy (non-hydrogen) atoms. The van der Waals surface area contributed by atoms with Gasteiger partial charge in [-0.05, 0) is 37.3 Å². The summed E-state index contributed by atoms with van der Waals surface area (Å²) < 4.78 is 0. The fourth-order valence-corrected chi connectivity index (χ4v) is 2.18. The molecule has 0 aliphatic rings. The average molecular weight is 264 g/mol. The van der Waals surface area contributed by atoms with Crippen molar-refractivity contribution in [3.8, 4) is 11.3 Å². The summed E-state index contributed by atoms with van der Waals surface area (Å²) in [5.41, 5.74) is 3.37. The normalized spacial score (nSPS) is 10.7. The summed E-state index contributed by atoms with van der Waals surface area (Å²) >= 11 is 0. The Hall–Kier alpha value is -2.75. The Bertz CT molecular complexity index is 798. The first-order valence-corrected chi connectivity index (χ1v) is 6.20. The van der Waals surface area contributed by atoms with Gasteiger partial charge in [-0.1, -0.05) is 11.6 Å². The van der Waals surface area contributed by atoms with Crippen LogP contribution in [-0.2, 0) is 0 Å². The number of benzene rings is 1. The van der Waals surface area contributed by atoms with Crippen LogP contribution in [0.3, 0.4) is 0 Å². The molecule has 0 spiro atoms. The van der Waals surface area contributed by atoms with E-state index in [0.717, 1.165) is 11.1 Å². The van der Waals surface area contributed by atoms with Gasteiger partial charge in [-0.25, -0.2) is 9.78 Å². The molecule has 0 bridgehead atoms. The summed E-state index contributed by atoms with van der Waals surface area (Å²) in [7, 11) is 0. The molecule has 0 unspecified atom stereocenters. The Morgan fingerprint density at radius 3 is 2.75 bits per heavy atom. The van der Waals surface area contributed by atoms with Crippen molar-refractivity contribution in [3.63, 3.8) is 0 Å². The molecule has 2 aromatic heterocycles. The maximum atomic E-state index is 11.5. The number of carboxylic acids is 1. The number of rotatable bonds is 2. The fraction of sp³-hybridized carbons (Fsp3) is 0.0625. The van der Waals surface area contributed by atoms with Crippen molar-refractivity contribution in [2.45, 2.75) is 6.92 Å². The zero-order valence-electron chi connectivity index (χ0n) is 10.9. The van der Waals surface area contributed by atoms with Crippen LogP contribution in [0.2, 0.25) is 0 Å². The Kier molecular flexibility index (Phi) is 2.91. The molecule has 0 radical (unpaired) electrons. The summed E-state index contributed by atoms with van der Waals surface area (Å²) in [5, 5.41) is 10.1. The smallest absolute Gasteiger partial charge is 0.336 e. The van der Waals surface area contributed by atoms with E-state index in [2.05, 4.69) is 9.97 Å². The molecular weight excluding hydrogens is 252 g/mol. The van der Waals surface area contributed by atoms with E-state index in [4.69, 9.17) is 0 Å². The molecule has 4 heteroatoms. The highest BCUT2D eigenvalue weighted by Crippen LogP contribution is 2.25. The number of aromatic nitrogens is 2. The molecular formula is C16H12N2O2. The van der Waals surface area contributed by atoms with E-state index in [-0.39, 0.29) is 5.56 Å². The van der Waals surface area contributed by atoms with E-state index in [1.807, 2.05) is 31.2 Å². The second-order valence-electron chi connectivity index (χ2n) is 4.62. The monoisotopic (exact) mass is 264 g/mol. The molecule has 0 atom stereocenters. The van der Waals surface area contributed by atoms with E-state index in [1.54, 1.807) is 24.5 Å². The third kappa shape index (κ3) is 2.12. The number of hydrogen-bond donors (Lipinski definition) is 1. The van der Waals surface area contributed by atoms with Gasteiger partial charge in [0.15, 0.2) is 0 Å². The molecule has 1 N–H and O–H groups in total. The largest absolute Gasteiger partial charge is 0.478 e. The van der Waals surface area contributed by atoms with Crippen LogP contribution in [0.15, 0.2) is 48.8 Å². The summed E-state index contributed by atoms with van der Waals surface area (Å²) in [6, 6.07) is 10.9. The van der Waals surface area contributed by atoms with Crippen molar-refractivity contribution in [1.29, 1.82) is 0 Å². The number of carboxylic acid groups (broad SMARTS) is 1. The van der Waals surface area contributed by atoms with E-state index in [1.165, 1.54) is 0 Å². The Labute approximate surface area is 115 Å². The Balaban J connectivity index is 2.32. The second-order valence-corrected chi connectivity index (χ2v) is 4.62. The first-order chi connectivity index (χ1) is 9.65. The van der Waals surface area contributed by atoms with Gasteiger partial charge in [-0.3, -0.25) is 4.98 Å². The summed E-state index contributed by atoms with van der Waals surface area (Å²) in [6.45, 7) is 1.93. The number of nitrogens with zero attached hydrogens (tertiary/aromatic N) is 2. The quantitative estimate of drug-likeness (QED) is 0.771. The zero-order valence-corrected chi connectivity index (χ0v) is 10.9. The van der Waals surface area contributed by atoms with E-state index < -0.39 is 5.97 Å². The molecule has 0 fully saturated rings. The van der Waals surface area contributed by atoms with Gasteiger partial charge in [0.1, 0.15) is 0 Å². The number of aromatic carboxylic acids is 1. The van der Waals surface area contributed by atoms with Crippen LogP contribution in [0.25, 0.3) is 22.2 Å². The third-order valence-corrected chi connectivity index (χ3v) is 3.15. The summed E-state index contributed by atoms with van der Waals surface area (Å²) in [6.07, 6.45) is 3.35. The van der Waals surface area contributed by atoms with E-state index in [9.17, 15) is 9.90 Å². The van der Waals surface area contributed by atoms with Crippen LogP contribution in [0.1, 0.15) is 15.9 Å². The number of aryl methyl sites for hydroxylation is 1. The highest BCUT2D eigenvalue weighted by atomic mass is 16.4. The molecule has 0 aliphatic heterocycles. The van der Waals surface area contributed by atoms with Gasteiger partial charge in [0.25, 0.3) is 0 Å². The average Bonchev–Trinajstić information content (AvgIpc) is 2.47. The standard InChI is InChI=1S/C16H12N2O2/c1-10-4-5-14-12(7-10)13(16(19)20)8-15(18-14)11-3-2-6-17-9-11/h2-9H,1H3,(H,19,20). The second kappa shape index (κ2) is 4.74. The maximum Gasteiger partial charge on any atom is 0.336 e. The van der Waals surface area contributed by atoms with E-state index >= 15 is 0 Å². The first-order valence-electron chi connectivity index (χ1n) is 6.20. The van der Waals surface area contributed by atoms with Crippen LogP contribution in [0.4, 0.5) is 0 Å². The van der Waals surface area contributed by atoms with Gasteiger partial charge < -0.3 is 5.11 Å². The molecule has 3 aromatic rings. The lowest BCUT2D eigenvalue weighted by atomic mass is 10.0. The van der Waals surface area contributed by atoms with Gasteiger partial charge in [0, 0.05) is 23.3 Å². The first kappa shape index (κ1) is 12.3. The number of carbonyl (C=O) groups is 1. The van der Waals surface area contributed by atoms with Gasteiger partial charge in [0.05, 0.1) is 16.8 Å². The van der Waals surface area contributed by atoms with Crippen LogP contribution >= 0.6 is 0 Å². The zero-order chi connectivity index (χ0) is 14.1. The number of hydrogen-bond acceptors (Lipinski definition) is 3. The lowest BCUT2D eigenvalue weighted by Gasteiger charge is -2.07. The molecule has 98 valence electrons. The predicted molar refractivity (Wildman–Crippen MR) is 76.7 cm³/mol. The number of fused-ring (bicyclic) bond motifs is 1. The van der Waals surface area contributed by atoms with Gasteiger partial charge in [0.2, 0.25) is 0 Å². The van der Waals surface area contributed by atoms with Crippen LogP contribution in [-0.4, -0.2) is 21.0 Å². The highest BCUT2D eigenvalue weighted by molar-refractivity contribution is 6.03. The molecule has 4 nitrogen and oxygen atoms in total. The molecule has 1 aromatic carbocycles. The van der Waals surface area contributed by atoms with Gasteiger partial charge >= 0.3 is 5.97 Å². The van der Waals surface area contributed by atoms with Crippen molar-refractivity contribution in [1.82, 2.24) is 9.97 Å². The molecule has 3 rings (SSSR count). The lowest BCUT2D eigenvalue weighted by molar-refractivity contribution is 0.0699. The molecule has 0 saturated heterocycles. The SMILES string of the molecule is Cc1ccc2nc(-c3cccnc3)cc(C(=O)O)c2c1. The third-order valence-electron chi connectivity index (χ3n) is 3.15. The molecule has 0 aliphatic carbocycles. The fourth-order valence-electron chi connectivity index (χ4n) is 2.18. The van der Waals surface area contributed by atoms with Crippen LogP contribution < -0.4 is 0 Å². The van der Waals surface area contributed by atoms with Crippen molar-refractivity contribution in [3.05, 3.63) is 59.9 Å². The van der Waals surface area contributed by atoms with Crippen LogP contribution in [0, 0.1) is 6.92 Å². The summed E-state index contributed by atoms with van der Waals surface area (Å²) in [4.78, 5) is 20.0. The van der Waals surface area contributed by atoms with Gasteiger partial charge in [-0.2, -0.15) is 0 Å². The molecule has 0 amide bonds. The summed E-state index contributed by atoms with van der Waals surface area (Å²) in [5.74, 6) is -0.951. The minimum absolute atomic E-state index is 0.262. The topological polar surface area (TPSA) is 63.1 Å². The van der Waals surface area contributed by atoms with Crippen LogP contribution in [0.5, 0.6) is 0 Å². The Morgan fingerprint density at radius 2 is 2.05 bits per heavy atom. The molecule has 2 heterocycles. The van der Waals surface area contributed by atoms with Crippen molar-refractivity contribution in [2.75, 3.05) is 0 Å². The van der Waals surface area contributed by atoms with Crippen molar-refractivity contribution in [2.24, 2.45) is 0 Å².